The minimum absolute atomic E-state index is 0.992. The second-order valence-electron chi connectivity index (χ2n) is 4.61. The number of hydrogen-bond donors (Lipinski definition) is 0. The molecule has 0 unspecified atom stereocenters. The highest BCUT2D eigenvalue weighted by atomic mass is 15.3. The molecule has 2 heterocycles. The van der Waals surface area contributed by atoms with E-state index in [9.17, 15) is 0 Å². The van der Waals surface area contributed by atoms with E-state index >= 15 is 0 Å². The average Bonchev–Trinajstić information content (AvgIpc) is 2.41. The summed E-state index contributed by atoms with van der Waals surface area (Å²) in [5.41, 5.74) is 0.992. The molecule has 1 aliphatic rings. The summed E-state index contributed by atoms with van der Waals surface area (Å²) in [6.45, 7) is 9.74. The van der Waals surface area contributed by atoms with Gasteiger partial charge in [0.2, 0.25) is 0 Å². The zero-order valence-electron chi connectivity index (χ0n) is 11.3. The first-order valence-corrected chi connectivity index (χ1v) is 6.69. The Morgan fingerprint density at radius 1 is 1.22 bits per heavy atom. The van der Waals surface area contributed by atoms with Crippen LogP contribution in [0, 0.1) is 11.8 Å². The highest BCUT2D eigenvalue weighted by molar-refractivity contribution is 5.43. The Morgan fingerprint density at radius 3 is 2.56 bits per heavy atom. The summed E-state index contributed by atoms with van der Waals surface area (Å²) >= 11 is 0. The molecule has 1 aromatic rings. The lowest BCUT2D eigenvalue weighted by atomic mass is 10.2. The predicted octanol–water partition coefficient (Wildman–Crippen LogP) is 1.98. The number of hydrogen-bond acceptors (Lipinski definition) is 3. The molecule has 96 valence electrons. The summed E-state index contributed by atoms with van der Waals surface area (Å²) in [6, 6.07) is 4.13. The van der Waals surface area contributed by atoms with E-state index in [0.717, 1.165) is 37.6 Å². The van der Waals surface area contributed by atoms with E-state index in [1.807, 2.05) is 13.1 Å². The van der Waals surface area contributed by atoms with Crippen LogP contribution in [-0.2, 0) is 0 Å². The smallest absolute Gasteiger partial charge is 0.128 e. The van der Waals surface area contributed by atoms with Gasteiger partial charge >= 0.3 is 0 Å². The SMILES string of the molecule is CC#Cc1ccc(N2CCN(CCC)CC2)nc1. The molecule has 0 saturated carbocycles. The van der Waals surface area contributed by atoms with Crippen LogP contribution in [0.1, 0.15) is 25.8 Å². The number of rotatable bonds is 3. The molecule has 0 atom stereocenters. The van der Waals surface area contributed by atoms with Crippen molar-refractivity contribution in [3.63, 3.8) is 0 Å². The van der Waals surface area contributed by atoms with Crippen molar-refractivity contribution in [3.05, 3.63) is 23.9 Å². The second-order valence-corrected chi connectivity index (χ2v) is 4.61. The lowest BCUT2D eigenvalue weighted by Crippen LogP contribution is -2.46. The molecule has 3 heteroatoms. The van der Waals surface area contributed by atoms with Crippen LogP contribution in [0.25, 0.3) is 0 Å². The Hall–Kier alpha value is -1.53. The van der Waals surface area contributed by atoms with E-state index in [1.54, 1.807) is 0 Å². The van der Waals surface area contributed by atoms with E-state index in [-0.39, 0.29) is 0 Å². The third-order valence-electron chi connectivity index (χ3n) is 3.25. The van der Waals surface area contributed by atoms with Gasteiger partial charge < -0.3 is 4.90 Å². The molecule has 0 amide bonds. The van der Waals surface area contributed by atoms with Crippen molar-refractivity contribution >= 4 is 5.82 Å². The minimum Gasteiger partial charge on any atom is -0.354 e. The van der Waals surface area contributed by atoms with Crippen molar-refractivity contribution in [2.24, 2.45) is 0 Å². The number of nitrogens with zero attached hydrogens (tertiary/aromatic N) is 3. The Balaban J connectivity index is 1.94. The summed E-state index contributed by atoms with van der Waals surface area (Å²) < 4.78 is 0. The van der Waals surface area contributed by atoms with Crippen molar-refractivity contribution in [2.75, 3.05) is 37.6 Å². The molecular formula is C15H21N3. The third-order valence-corrected chi connectivity index (χ3v) is 3.25. The molecule has 0 aliphatic carbocycles. The molecular weight excluding hydrogens is 222 g/mol. The quantitative estimate of drug-likeness (QED) is 0.757. The van der Waals surface area contributed by atoms with Gasteiger partial charge in [-0.1, -0.05) is 12.8 Å². The molecule has 1 saturated heterocycles. The standard InChI is InChI=1S/C15H21N3/c1-3-5-14-6-7-15(16-13-14)18-11-9-17(8-4-2)10-12-18/h6-7,13H,4,8-12H2,1-2H3. The van der Waals surface area contributed by atoms with Crippen molar-refractivity contribution in [1.29, 1.82) is 0 Å². The largest absolute Gasteiger partial charge is 0.354 e. The van der Waals surface area contributed by atoms with E-state index in [1.165, 1.54) is 13.0 Å². The fourth-order valence-corrected chi connectivity index (χ4v) is 2.31. The number of piperazine rings is 1. The van der Waals surface area contributed by atoms with Crippen molar-refractivity contribution in [2.45, 2.75) is 20.3 Å². The molecule has 0 bridgehead atoms. The van der Waals surface area contributed by atoms with E-state index in [2.05, 4.69) is 45.7 Å². The lowest BCUT2D eigenvalue weighted by molar-refractivity contribution is 0.258. The zero-order chi connectivity index (χ0) is 12.8. The Morgan fingerprint density at radius 2 is 2.00 bits per heavy atom. The van der Waals surface area contributed by atoms with Crippen LogP contribution in [0.4, 0.5) is 5.82 Å². The lowest BCUT2D eigenvalue weighted by Gasteiger charge is -2.35. The topological polar surface area (TPSA) is 19.4 Å². The summed E-state index contributed by atoms with van der Waals surface area (Å²) in [5, 5.41) is 0. The van der Waals surface area contributed by atoms with Gasteiger partial charge in [-0.25, -0.2) is 4.98 Å². The Bertz CT molecular complexity index is 419. The predicted molar refractivity (Wildman–Crippen MR) is 75.7 cm³/mol. The molecule has 0 aromatic carbocycles. The maximum Gasteiger partial charge on any atom is 0.128 e. The van der Waals surface area contributed by atoms with Crippen molar-refractivity contribution < 1.29 is 0 Å². The molecule has 3 nitrogen and oxygen atoms in total. The Labute approximate surface area is 110 Å². The van der Waals surface area contributed by atoms with Gasteiger partial charge in [-0.3, -0.25) is 4.90 Å². The van der Waals surface area contributed by atoms with Gasteiger partial charge in [-0.05, 0) is 32.0 Å². The van der Waals surface area contributed by atoms with Gasteiger partial charge in [0.15, 0.2) is 0 Å². The average molecular weight is 243 g/mol. The number of anilines is 1. The highest BCUT2D eigenvalue weighted by Gasteiger charge is 2.16. The van der Waals surface area contributed by atoms with Crippen LogP contribution in [0.3, 0.4) is 0 Å². The molecule has 1 fully saturated rings. The molecule has 18 heavy (non-hydrogen) atoms. The van der Waals surface area contributed by atoms with Crippen LogP contribution in [0.5, 0.6) is 0 Å². The number of aromatic nitrogens is 1. The van der Waals surface area contributed by atoms with Gasteiger partial charge in [0, 0.05) is 37.9 Å². The summed E-state index contributed by atoms with van der Waals surface area (Å²) in [7, 11) is 0. The second kappa shape index (κ2) is 6.42. The monoisotopic (exact) mass is 243 g/mol. The molecule has 0 radical (unpaired) electrons. The molecule has 0 spiro atoms. The van der Waals surface area contributed by atoms with Gasteiger partial charge in [0.25, 0.3) is 0 Å². The van der Waals surface area contributed by atoms with Crippen LogP contribution >= 0.6 is 0 Å². The van der Waals surface area contributed by atoms with Crippen LogP contribution in [0.15, 0.2) is 18.3 Å². The van der Waals surface area contributed by atoms with E-state index in [0.29, 0.717) is 0 Å². The fraction of sp³-hybridized carbons (Fsp3) is 0.533. The van der Waals surface area contributed by atoms with Crippen LogP contribution < -0.4 is 4.90 Å². The zero-order valence-corrected chi connectivity index (χ0v) is 11.3. The molecule has 1 aromatic heterocycles. The van der Waals surface area contributed by atoms with Gasteiger partial charge in [0.05, 0.1) is 0 Å². The summed E-state index contributed by atoms with van der Waals surface area (Å²) in [5.74, 6) is 6.99. The minimum atomic E-state index is 0.992. The van der Waals surface area contributed by atoms with E-state index in [4.69, 9.17) is 0 Å². The highest BCUT2D eigenvalue weighted by Crippen LogP contribution is 2.13. The van der Waals surface area contributed by atoms with Gasteiger partial charge in [-0.15, -0.1) is 5.92 Å². The summed E-state index contributed by atoms with van der Waals surface area (Å²) in [4.78, 5) is 9.37. The molecule has 2 rings (SSSR count). The van der Waals surface area contributed by atoms with Gasteiger partial charge in [-0.2, -0.15) is 0 Å². The molecule has 1 aliphatic heterocycles. The Kier molecular flexibility index (Phi) is 4.60. The first-order valence-electron chi connectivity index (χ1n) is 6.69. The normalized spacial score (nSPS) is 16.2. The maximum absolute atomic E-state index is 4.50. The van der Waals surface area contributed by atoms with E-state index < -0.39 is 0 Å². The fourth-order valence-electron chi connectivity index (χ4n) is 2.31. The molecule has 0 N–H and O–H groups in total. The number of pyridine rings is 1. The van der Waals surface area contributed by atoms with Gasteiger partial charge in [0.1, 0.15) is 5.82 Å². The maximum atomic E-state index is 4.50. The van der Waals surface area contributed by atoms with Crippen molar-refractivity contribution in [3.8, 4) is 11.8 Å². The first-order chi connectivity index (χ1) is 8.83. The van der Waals surface area contributed by atoms with Crippen molar-refractivity contribution in [1.82, 2.24) is 9.88 Å². The third kappa shape index (κ3) is 3.24. The summed E-state index contributed by atoms with van der Waals surface area (Å²) in [6.07, 6.45) is 3.10. The van der Waals surface area contributed by atoms with Crippen LogP contribution in [-0.4, -0.2) is 42.6 Å². The van der Waals surface area contributed by atoms with Crippen LogP contribution in [0.2, 0.25) is 0 Å². The first kappa shape index (κ1) is 12.9.